The molecule has 1 N–H and O–H groups in total. The second-order valence-electron chi connectivity index (χ2n) is 8.42. The van der Waals surface area contributed by atoms with Crippen LogP contribution in [0, 0.1) is 5.92 Å². The monoisotopic (exact) mass is 446 g/mol. The number of likely N-dealkylation sites (tertiary alicyclic amines) is 1. The lowest BCUT2D eigenvalue weighted by atomic mass is 9.95. The van der Waals surface area contributed by atoms with Gasteiger partial charge in [-0.1, -0.05) is 42.5 Å². The standard InChI is InChI=1S/C27H30N2O4/c1-18(20-10-6-7-13-24(20)32-2)28-26(30)19-9-8-16-29(17-19)27(31)23-14-15-25(33-3)22-12-5-4-11-21(22)23/h4-7,10-15,18-19H,8-9,16-17H2,1-3H3,(H,28,30)/t18-,19+/m0/s1. The van der Waals surface area contributed by atoms with Gasteiger partial charge < -0.3 is 19.7 Å². The van der Waals surface area contributed by atoms with E-state index in [1.165, 1.54) is 0 Å². The van der Waals surface area contributed by atoms with Crippen molar-refractivity contribution in [3.05, 3.63) is 71.8 Å². The molecule has 2 amide bonds. The van der Waals surface area contributed by atoms with E-state index in [9.17, 15) is 9.59 Å². The summed E-state index contributed by atoms with van der Waals surface area (Å²) in [5.74, 6) is 1.15. The van der Waals surface area contributed by atoms with Crippen LogP contribution in [-0.4, -0.2) is 44.0 Å². The van der Waals surface area contributed by atoms with E-state index < -0.39 is 0 Å². The molecule has 0 radical (unpaired) electrons. The number of methoxy groups -OCH3 is 2. The van der Waals surface area contributed by atoms with Crippen LogP contribution in [0.25, 0.3) is 10.8 Å². The van der Waals surface area contributed by atoms with E-state index in [0.29, 0.717) is 18.7 Å². The van der Waals surface area contributed by atoms with E-state index >= 15 is 0 Å². The topological polar surface area (TPSA) is 67.9 Å². The Bertz CT molecular complexity index is 1160. The van der Waals surface area contributed by atoms with Crippen LogP contribution in [0.15, 0.2) is 60.7 Å². The molecule has 0 aliphatic carbocycles. The van der Waals surface area contributed by atoms with Crippen LogP contribution in [0.3, 0.4) is 0 Å². The first-order valence-electron chi connectivity index (χ1n) is 11.3. The van der Waals surface area contributed by atoms with Crippen molar-refractivity contribution in [1.82, 2.24) is 10.2 Å². The van der Waals surface area contributed by atoms with Crippen LogP contribution in [0.5, 0.6) is 11.5 Å². The molecule has 3 aromatic carbocycles. The molecule has 1 aliphatic rings. The molecule has 0 aromatic heterocycles. The molecule has 6 heteroatoms. The number of hydrogen-bond acceptors (Lipinski definition) is 4. The van der Waals surface area contributed by atoms with Gasteiger partial charge in [-0.05, 0) is 43.4 Å². The zero-order chi connectivity index (χ0) is 23.4. The van der Waals surface area contributed by atoms with Gasteiger partial charge in [0.25, 0.3) is 5.91 Å². The molecule has 2 atom stereocenters. The lowest BCUT2D eigenvalue weighted by Gasteiger charge is -2.33. The fraction of sp³-hybridized carbons (Fsp3) is 0.333. The number of para-hydroxylation sites is 1. The number of nitrogens with zero attached hydrogens (tertiary/aromatic N) is 1. The van der Waals surface area contributed by atoms with Crippen LogP contribution < -0.4 is 14.8 Å². The summed E-state index contributed by atoms with van der Waals surface area (Å²) in [5.41, 5.74) is 1.57. The minimum Gasteiger partial charge on any atom is -0.496 e. The number of amides is 2. The Balaban J connectivity index is 1.49. The number of ether oxygens (including phenoxy) is 2. The number of carbonyl (C=O) groups is 2. The van der Waals surface area contributed by atoms with E-state index in [1.807, 2.05) is 67.6 Å². The molecule has 0 unspecified atom stereocenters. The zero-order valence-corrected chi connectivity index (χ0v) is 19.3. The van der Waals surface area contributed by atoms with Gasteiger partial charge in [-0.15, -0.1) is 0 Å². The van der Waals surface area contributed by atoms with E-state index in [4.69, 9.17) is 9.47 Å². The van der Waals surface area contributed by atoms with Gasteiger partial charge in [-0.25, -0.2) is 0 Å². The Hall–Kier alpha value is -3.54. The lowest BCUT2D eigenvalue weighted by Crippen LogP contribution is -2.46. The maximum absolute atomic E-state index is 13.4. The highest BCUT2D eigenvalue weighted by Crippen LogP contribution is 2.30. The van der Waals surface area contributed by atoms with Crippen LogP contribution in [0.4, 0.5) is 0 Å². The third kappa shape index (κ3) is 4.65. The third-order valence-corrected chi connectivity index (χ3v) is 6.38. The minimum atomic E-state index is -0.246. The predicted octanol–water partition coefficient (Wildman–Crippen LogP) is 4.59. The van der Waals surface area contributed by atoms with Crippen molar-refractivity contribution in [2.24, 2.45) is 5.92 Å². The van der Waals surface area contributed by atoms with Crippen molar-refractivity contribution in [2.75, 3.05) is 27.3 Å². The molecule has 6 nitrogen and oxygen atoms in total. The fourth-order valence-electron chi connectivity index (χ4n) is 4.62. The van der Waals surface area contributed by atoms with Gasteiger partial charge in [0.2, 0.25) is 5.91 Å². The van der Waals surface area contributed by atoms with Crippen molar-refractivity contribution >= 4 is 22.6 Å². The summed E-state index contributed by atoms with van der Waals surface area (Å²) in [7, 11) is 3.25. The first-order chi connectivity index (χ1) is 16.0. The SMILES string of the molecule is COc1ccccc1[C@H](C)NC(=O)[C@@H]1CCCN(C(=O)c2ccc(OC)c3ccccc23)C1. The van der Waals surface area contributed by atoms with Gasteiger partial charge in [0.1, 0.15) is 11.5 Å². The van der Waals surface area contributed by atoms with Crippen molar-refractivity contribution in [1.29, 1.82) is 0 Å². The Morgan fingerprint density at radius 3 is 2.39 bits per heavy atom. The zero-order valence-electron chi connectivity index (χ0n) is 19.3. The minimum absolute atomic E-state index is 0.0366. The van der Waals surface area contributed by atoms with Gasteiger partial charge in [-0.3, -0.25) is 9.59 Å². The quantitative estimate of drug-likeness (QED) is 0.602. The van der Waals surface area contributed by atoms with Gasteiger partial charge in [0.05, 0.1) is 26.2 Å². The Morgan fingerprint density at radius 2 is 1.64 bits per heavy atom. The predicted molar refractivity (Wildman–Crippen MR) is 129 cm³/mol. The Labute approximate surface area is 194 Å². The molecule has 1 heterocycles. The molecule has 0 bridgehead atoms. The smallest absolute Gasteiger partial charge is 0.254 e. The lowest BCUT2D eigenvalue weighted by molar-refractivity contribution is -0.127. The highest BCUT2D eigenvalue weighted by molar-refractivity contribution is 6.08. The Kier molecular flexibility index (Phi) is 6.82. The van der Waals surface area contributed by atoms with E-state index in [2.05, 4.69) is 5.32 Å². The normalized spacial score (nSPS) is 16.8. The van der Waals surface area contributed by atoms with Gasteiger partial charge >= 0.3 is 0 Å². The van der Waals surface area contributed by atoms with Crippen molar-refractivity contribution in [3.63, 3.8) is 0 Å². The van der Waals surface area contributed by atoms with Crippen molar-refractivity contribution in [2.45, 2.75) is 25.8 Å². The van der Waals surface area contributed by atoms with Crippen LogP contribution >= 0.6 is 0 Å². The van der Waals surface area contributed by atoms with Gasteiger partial charge in [-0.2, -0.15) is 0 Å². The first kappa shape index (κ1) is 22.6. The Morgan fingerprint density at radius 1 is 0.939 bits per heavy atom. The second-order valence-corrected chi connectivity index (χ2v) is 8.42. The van der Waals surface area contributed by atoms with Crippen molar-refractivity contribution in [3.8, 4) is 11.5 Å². The molecule has 172 valence electrons. The van der Waals surface area contributed by atoms with E-state index in [0.717, 1.165) is 40.7 Å². The molecule has 0 saturated carbocycles. The summed E-state index contributed by atoms with van der Waals surface area (Å²) >= 11 is 0. The van der Waals surface area contributed by atoms with Crippen LogP contribution in [0.2, 0.25) is 0 Å². The van der Waals surface area contributed by atoms with Crippen LogP contribution in [-0.2, 0) is 4.79 Å². The highest BCUT2D eigenvalue weighted by Gasteiger charge is 2.30. The average Bonchev–Trinajstić information content (AvgIpc) is 2.87. The molecule has 4 rings (SSSR count). The number of piperidine rings is 1. The number of benzene rings is 3. The summed E-state index contributed by atoms with van der Waals surface area (Å²) in [4.78, 5) is 28.3. The largest absolute Gasteiger partial charge is 0.496 e. The van der Waals surface area contributed by atoms with Crippen LogP contribution in [0.1, 0.15) is 41.7 Å². The first-order valence-corrected chi connectivity index (χ1v) is 11.3. The maximum Gasteiger partial charge on any atom is 0.254 e. The number of hydrogen-bond donors (Lipinski definition) is 1. The maximum atomic E-state index is 13.4. The molecule has 1 saturated heterocycles. The molecule has 1 aliphatic heterocycles. The second kappa shape index (κ2) is 9.94. The summed E-state index contributed by atoms with van der Waals surface area (Å²) in [6, 6.07) is 18.9. The summed E-state index contributed by atoms with van der Waals surface area (Å²) in [6.45, 7) is 3.00. The third-order valence-electron chi connectivity index (χ3n) is 6.38. The fourth-order valence-corrected chi connectivity index (χ4v) is 4.62. The van der Waals surface area contributed by atoms with E-state index in [-0.39, 0.29) is 23.8 Å². The van der Waals surface area contributed by atoms with Crippen molar-refractivity contribution < 1.29 is 19.1 Å². The summed E-state index contributed by atoms with van der Waals surface area (Å²) in [5, 5.41) is 4.88. The van der Waals surface area contributed by atoms with E-state index in [1.54, 1.807) is 19.1 Å². The number of fused-ring (bicyclic) bond motifs is 1. The molecular formula is C27H30N2O4. The molecule has 33 heavy (non-hydrogen) atoms. The molecule has 1 fully saturated rings. The summed E-state index contributed by atoms with van der Waals surface area (Å²) in [6.07, 6.45) is 1.55. The molecule has 0 spiro atoms. The highest BCUT2D eigenvalue weighted by atomic mass is 16.5. The molecule has 3 aromatic rings. The number of rotatable bonds is 6. The molecular weight excluding hydrogens is 416 g/mol. The number of nitrogens with one attached hydrogen (secondary N) is 1. The number of carbonyl (C=O) groups excluding carboxylic acids is 2. The van der Waals surface area contributed by atoms with Gasteiger partial charge in [0.15, 0.2) is 0 Å². The summed E-state index contributed by atoms with van der Waals surface area (Å²) < 4.78 is 10.9. The van der Waals surface area contributed by atoms with Gasteiger partial charge in [0, 0.05) is 29.6 Å². The average molecular weight is 447 g/mol.